The Morgan fingerprint density at radius 2 is 2.00 bits per heavy atom. The largest absolute Gasteiger partial charge is 0.342 e. The molecule has 0 aliphatic carbocycles. The lowest BCUT2D eigenvalue weighted by Crippen LogP contribution is -2.43. The molecule has 1 heterocycles. The average Bonchev–Trinajstić information content (AvgIpc) is 2.99. The van der Waals surface area contributed by atoms with E-state index in [1.165, 1.54) is 0 Å². The first-order valence-electron chi connectivity index (χ1n) is 7.27. The van der Waals surface area contributed by atoms with Gasteiger partial charge < -0.3 is 4.90 Å². The number of Topliss-reactive ketones (excluding diaryl/α,β-unsaturated/α-hetero) is 1. The standard InChI is InChI=1S/C16H21ClN2O2/c1-12(16(21)13-6-5-7-14(17)10-13)18(2)11-15(20)19-8-3-4-9-19/h5-7,10,12H,3-4,8-9,11H2,1-2H3. The number of carbonyl (C=O) groups is 2. The van der Waals surface area contributed by atoms with Crippen LogP contribution in [0.5, 0.6) is 0 Å². The molecule has 0 N–H and O–H groups in total. The highest BCUT2D eigenvalue weighted by Crippen LogP contribution is 2.15. The van der Waals surface area contributed by atoms with Gasteiger partial charge in [-0.05, 0) is 38.9 Å². The maximum absolute atomic E-state index is 12.4. The van der Waals surface area contributed by atoms with Crippen LogP contribution < -0.4 is 0 Å². The Morgan fingerprint density at radius 1 is 1.33 bits per heavy atom. The summed E-state index contributed by atoms with van der Waals surface area (Å²) in [5.41, 5.74) is 0.579. The van der Waals surface area contributed by atoms with Crippen molar-refractivity contribution in [2.75, 3.05) is 26.7 Å². The first-order valence-corrected chi connectivity index (χ1v) is 7.64. The Labute approximate surface area is 130 Å². The van der Waals surface area contributed by atoms with E-state index in [0.717, 1.165) is 25.9 Å². The predicted molar refractivity (Wildman–Crippen MR) is 83.7 cm³/mol. The molecule has 1 fully saturated rings. The molecule has 21 heavy (non-hydrogen) atoms. The lowest BCUT2D eigenvalue weighted by molar-refractivity contribution is -0.131. The maximum atomic E-state index is 12.4. The van der Waals surface area contributed by atoms with Gasteiger partial charge in [0.1, 0.15) is 0 Å². The first-order chi connectivity index (χ1) is 9.99. The Morgan fingerprint density at radius 3 is 2.62 bits per heavy atom. The molecule has 4 nitrogen and oxygen atoms in total. The number of likely N-dealkylation sites (tertiary alicyclic amines) is 1. The molecular weight excluding hydrogens is 288 g/mol. The van der Waals surface area contributed by atoms with Crippen molar-refractivity contribution in [1.82, 2.24) is 9.80 Å². The van der Waals surface area contributed by atoms with Crippen molar-refractivity contribution in [3.63, 3.8) is 0 Å². The minimum absolute atomic E-state index is 0.0192. The highest BCUT2D eigenvalue weighted by Gasteiger charge is 2.24. The number of hydrogen-bond donors (Lipinski definition) is 0. The minimum Gasteiger partial charge on any atom is -0.342 e. The van der Waals surface area contributed by atoms with Crippen LogP contribution >= 0.6 is 11.6 Å². The number of likely N-dealkylation sites (N-methyl/N-ethyl adjacent to an activating group) is 1. The fraction of sp³-hybridized carbons (Fsp3) is 0.500. The Balaban J connectivity index is 1.96. The van der Waals surface area contributed by atoms with Gasteiger partial charge in [-0.15, -0.1) is 0 Å². The zero-order valence-corrected chi connectivity index (χ0v) is 13.3. The van der Waals surface area contributed by atoms with Gasteiger partial charge in [-0.3, -0.25) is 14.5 Å². The molecule has 1 aromatic rings. The second-order valence-corrected chi connectivity index (χ2v) is 5.99. The summed E-state index contributed by atoms with van der Waals surface area (Å²) in [6.45, 7) is 3.76. The van der Waals surface area contributed by atoms with Crippen LogP contribution in [0.1, 0.15) is 30.1 Å². The number of halogens is 1. The Bertz CT molecular complexity index is 527. The molecule has 0 spiro atoms. The highest BCUT2D eigenvalue weighted by molar-refractivity contribution is 6.31. The van der Waals surface area contributed by atoms with E-state index in [1.54, 1.807) is 36.2 Å². The molecule has 1 aliphatic rings. The van der Waals surface area contributed by atoms with E-state index in [4.69, 9.17) is 11.6 Å². The third-order valence-electron chi connectivity index (χ3n) is 3.99. The number of ketones is 1. The van der Waals surface area contributed by atoms with Crippen molar-refractivity contribution in [3.8, 4) is 0 Å². The predicted octanol–water partition coefficient (Wildman–Crippen LogP) is 2.47. The normalized spacial score (nSPS) is 16.3. The highest BCUT2D eigenvalue weighted by atomic mass is 35.5. The molecule has 2 rings (SSSR count). The molecule has 1 aromatic carbocycles. The van der Waals surface area contributed by atoms with Gasteiger partial charge in [0.25, 0.3) is 0 Å². The summed E-state index contributed by atoms with van der Waals surface area (Å²) in [7, 11) is 1.81. The smallest absolute Gasteiger partial charge is 0.236 e. The Hall–Kier alpha value is -1.39. The van der Waals surface area contributed by atoms with E-state index in [9.17, 15) is 9.59 Å². The van der Waals surface area contributed by atoms with Crippen LogP contribution in [0.3, 0.4) is 0 Å². The van der Waals surface area contributed by atoms with Crippen molar-refractivity contribution in [1.29, 1.82) is 0 Å². The molecule has 0 radical (unpaired) electrons. The van der Waals surface area contributed by atoms with E-state index in [2.05, 4.69) is 0 Å². The van der Waals surface area contributed by atoms with E-state index in [1.807, 2.05) is 11.8 Å². The molecule has 0 saturated carbocycles. The van der Waals surface area contributed by atoms with Crippen molar-refractivity contribution in [3.05, 3.63) is 34.9 Å². The van der Waals surface area contributed by atoms with Crippen LogP contribution in [0.15, 0.2) is 24.3 Å². The van der Waals surface area contributed by atoms with Gasteiger partial charge >= 0.3 is 0 Å². The van der Waals surface area contributed by atoms with Gasteiger partial charge in [-0.1, -0.05) is 23.7 Å². The molecule has 1 atom stereocenters. The molecule has 1 amide bonds. The van der Waals surface area contributed by atoms with Crippen molar-refractivity contribution in [2.45, 2.75) is 25.8 Å². The lowest BCUT2D eigenvalue weighted by Gasteiger charge is -2.25. The van der Waals surface area contributed by atoms with Crippen LogP contribution in [-0.4, -0.2) is 54.2 Å². The van der Waals surface area contributed by atoms with Gasteiger partial charge in [0.15, 0.2) is 5.78 Å². The zero-order chi connectivity index (χ0) is 15.4. The fourth-order valence-corrected chi connectivity index (χ4v) is 2.69. The summed E-state index contributed by atoms with van der Waals surface area (Å²) >= 11 is 5.92. The number of nitrogens with zero attached hydrogens (tertiary/aromatic N) is 2. The maximum Gasteiger partial charge on any atom is 0.236 e. The van der Waals surface area contributed by atoms with E-state index in [0.29, 0.717) is 10.6 Å². The van der Waals surface area contributed by atoms with Crippen LogP contribution in [0.2, 0.25) is 5.02 Å². The molecule has 114 valence electrons. The number of benzene rings is 1. The second-order valence-electron chi connectivity index (χ2n) is 5.55. The van der Waals surface area contributed by atoms with Gasteiger partial charge in [0, 0.05) is 23.7 Å². The number of carbonyl (C=O) groups excluding carboxylic acids is 2. The SMILES string of the molecule is CC(C(=O)c1cccc(Cl)c1)N(C)CC(=O)N1CCCC1. The summed E-state index contributed by atoms with van der Waals surface area (Å²) in [5, 5.41) is 0.545. The van der Waals surface area contributed by atoms with Crippen LogP contribution in [0.4, 0.5) is 0 Å². The molecule has 0 aromatic heterocycles. The van der Waals surface area contributed by atoms with Crippen LogP contribution in [0, 0.1) is 0 Å². The number of rotatable bonds is 5. The van der Waals surface area contributed by atoms with Crippen molar-refractivity contribution < 1.29 is 9.59 Å². The number of hydrogen-bond acceptors (Lipinski definition) is 3. The van der Waals surface area contributed by atoms with Gasteiger partial charge in [-0.25, -0.2) is 0 Å². The first kappa shape index (κ1) is 16.0. The molecule has 1 saturated heterocycles. The summed E-state index contributed by atoms with van der Waals surface area (Å²) in [6.07, 6.45) is 2.15. The Kier molecular flexibility index (Phi) is 5.37. The third kappa shape index (κ3) is 4.05. The quantitative estimate of drug-likeness (QED) is 0.785. The lowest BCUT2D eigenvalue weighted by atomic mass is 10.0. The molecular formula is C16H21ClN2O2. The topological polar surface area (TPSA) is 40.6 Å². The summed E-state index contributed by atoms with van der Waals surface area (Å²) in [4.78, 5) is 28.2. The van der Waals surface area contributed by atoms with Gasteiger partial charge in [0.05, 0.1) is 12.6 Å². The van der Waals surface area contributed by atoms with Crippen LogP contribution in [-0.2, 0) is 4.79 Å². The fourth-order valence-electron chi connectivity index (χ4n) is 2.50. The van der Waals surface area contributed by atoms with Crippen LogP contribution in [0.25, 0.3) is 0 Å². The van der Waals surface area contributed by atoms with Gasteiger partial charge in [-0.2, -0.15) is 0 Å². The minimum atomic E-state index is -0.352. The molecule has 0 bridgehead atoms. The molecule has 5 heteroatoms. The molecule has 1 unspecified atom stereocenters. The zero-order valence-electron chi connectivity index (χ0n) is 12.5. The van der Waals surface area contributed by atoms with E-state index in [-0.39, 0.29) is 24.3 Å². The summed E-state index contributed by atoms with van der Waals surface area (Å²) in [5.74, 6) is 0.0787. The third-order valence-corrected chi connectivity index (χ3v) is 4.23. The monoisotopic (exact) mass is 308 g/mol. The molecule has 1 aliphatic heterocycles. The van der Waals surface area contributed by atoms with E-state index < -0.39 is 0 Å². The average molecular weight is 309 g/mol. The van der Waals surface area contributed by atoms with Gasteiger partial charge in [0.2, 0.25) is 5.91 Å². The number of amides is 1. The summed E-state index contributed by atoms with van der Waals surface area (Å²) in [6, 6.07) is 6.56. The van der Waals surface area contributed by atoms with E-state index >= 15 is 0 Å². The van der Waals surface area contributed by atoms with Crippen molar-refractivity contribution in [2.24, 2.45) is 0 Å². The summed E-state index contributed by atoms with van der Waals surface area (Å²) < 4.78 is 0. The second kappa shape index (κ2) is 7.05. The van der Waals surface area contributed by atoms with Crippen molar-refractivity contribution >= 4 is 23.3 Å².